The summed E-state index contributed by atoms with van der Waals surface area (Å²) in [5.74, 6) is -0.278. The topological polar surface area (TPSA) is 84.3 Å². The summed E-state index contributed by atoms with van der Waals surface area (Å²) < 4.78 is 29.8. The third kappa shape index (κ3) is 5.79. The second-order valence-electron chi connectivity index (χ2n) is 7.11. The van der Waals surface area contributed by atoms with Crippen molar-refractivity contribution < 1.29 is 13.2 Å². The summed E-state index contributed by atoms with van der Waals surface area (Å²) in [6.07, 6.45) is 1.68. The maximum atomic E-state index is 12.8. The first-order valence-corrected chi connectivity index (χ1v) is 14.2. The number of halogens is 2. The molecule has 174 valence electrons. The number of carbonyl (C=O) groups is 1. The minimum atomic E-state index is -3.61. The number of hydrogen-bond acceptors (Lipinski definition) is 7. The summed E-state index contributed by atoms with van der Waals surface area (Å²) in [7, 11) is -3.61. The van der Waals surface area contributed by atoms with Crippen LogP contribution in [-0.2, 0) is 14.8 Å². The number of hydrogen-bond donors (Lipinski definition) is 1. The van der Waals surface area contributed by atoms with Gasteiger partial charge in [-0.3, -0.25) is 4.79 Å². The molecule has 0 atom stereocenters. The number of carbonyl (C=O) groups excluding carboxylic acids is 1. The fraction of sp³-hybridized carbons (Fsp3) is 0.250. The van der Waals surface area contributed by atoms with Crippen LogP contribution in [-0.4, -0.2) is 47.3 Å². The lowest BCUT2D eigenvalue weighted by atomic mass is 10.3. The minimum absolute atomic E-state index is 0.0579. The van der Waals surface area contributed by atoms with Gasteiger partial charge >= 0.3 is 0 Å². The molecule has 3 aromatic rings. The predicted molar refractivity (Wildman–Crippen MR) is 136 cm³/mol. The van der Waals surface area contributed by atoms with Crippen LogP contribution in [0.15, 0.2) is 51.7 Å². The van der Waals surface area contributed by atoms with Gasteiger partial charge in [-0.05, 0) is 67.5 Å². The first kappa shape index (κ1) is 24.6. The van der Waals surface area contributed by atoms with E-state index in [1.165, 1.54) is 45.6 Å². The first-order valence-electron chi connectivity index (χ1n) is 9.82. The van der Waals surface area contributed by atoms with E-state index in [9.17, 15) is 13.2 Å². The molecule has 1 saturated heterocycles. The van der Waals surface area contributed by atoms with Gasteiger partial charge in [0.1, 0.15) is 0 Å². The number of amides is 1. The van der Waals surface area contributed by atoms with Crippen LogP contribution in [0, 0.1) is 3.95 Å². The third-order valence-electron chi connectivity index (χ3n) is 4.84. The molecule has 2 heterocycles. The summed E-state index contributed by atoms with van der Waals surface area (Å²) in [4.78, 5) is 12.6. The molecular weight excluding hydrogens is 543 g/mol. The monoisotopic (exact) mass is 560 g/mol. The van der Waals surface area contributed by atoms with Crippen molar-refractivity contribution in [3.63, 3.8) is 0 Å². The van der Waals surface area contributed by atoms with Crippen LogP contribution in [0.2, 0.25) is 10.0 Å². The SMILES string of the molecule is O=C(CSc1nn(-c2ccc(Cl)cc2)c(=S)s1)Nc1cc(S(=O)(=O)N2CCCC2)ccc1Cl. The molecule has 13 heteroatoms. The zero-order valence-electron chi connectivity index (χ0n) is 17.0. The van der Waals surface area contributed by atoms with Crippen LogP contribution in [0.1, 0.15) is 12.8 Å². The molecule has 4 rings (SSSR count). The van der Waals surface area contributed by atoms with Crippen LogP contribution in [0.25, 0.3) is 5.69 Å². The van der Waals surface area contributed by atoms with Gasteiger partial charge < -0.3 is 5.32 Å². The number of nitrogens with zero attached hydrogens (tertiary/aromatic N) is 3. The molecule has 1 aliphatic rings. The molecular formula is C20H18Cl2N4O3S4. The average molecular weight is 562 g/mol. The number of rotatable bonds is 7. The Bertz CT molecular complexity index is 1330. The average Bonchev–Trinajstić information content (AvgIpc) is 3.45. The highest BCUT2D eigenvalue weighted by atomic mass is 35.5. The molecule has 0 aliphatic carbocycles. The summed E-state index contributed by atoms with van der Waals surface area (Å²) in [5, 5.41) is 8.03. The number of sulfonamides is 1. The molecule has 0 radical (unpaired) electrons. The lowest BCUT2D eigenvalue weighted by Crippen LogP contribution is -2.28. The van der Waals surface area contributed by atoms with E-state index in [-0.39, 0.29) is 27.3 Å². The molecule has 0 spiro atoms. The zero-order chi connectivity index (χ0) is 23.6. The highest BCUT2D eigenvalue weighted by molar-refractivity contribution is 8.01. The van der Waals surface area contributed by atoms with Crippen LogP contribution in [0.4, 0.5) is 5.69 Å². The summed E-state index contributed by atoms with van der Waals surface area (Å²) in [6.45, 7) is 0.996. The molecule has 0 unspecified atom stereocenters. The number of nitrogens with one attached hydrogen (secondary N) is 1. The lowest BCUT2D eigenvalue weighted by molar-refractivity contribution is -0.113. The molecule has 1 aromatic heterocycles. The quantitative estimate of drug-likeness (QED) is 0.304. The lowest BCUT2D eigenvalue weighted by Gasteiger charge is -2.16. The number of anilines is 1. The zero-order valence-corrected chi connectivity index (χ0v) is 21.8. The van der Waals surface area contributed by atoms with Gasteiger partial charge in [0.25, 0.3) is 0 Å². The van der Waals surface area contributed by atoms with Gasteiger partial charge in [0, 0.05) is 18.1 Å². The second-order valence-corrected chi connectivity index (χ2v) is 12.7. The Morgan fingerprint density at radius 1 is 1.15 bits per heavy atom. The van der Waals surface area contributed by atoms with Gasteiger partial charge in [-0.15, -0.1) is 5.10 Å². The maximum Gasteiger partial charge on any atom is 0.243 e. The van der Waals surface area contributed by atoms with Crippen molar-refractivity contribution in [3.05, 3.63) is 56.5 Å². The fourth-order valence-corrected chi connectivity index (χ4v) is 7.21. The Balaban J connectivity index is 1.43. The van der Waals surface area contributed by atoms with Gasteiger partial charge in [-0.25, -0.2) is 13.1 Å². The second kappa shape index (κ2) is 10.4. The van der Waals surface area contributed by atoms with E-state index in [1.807, 2.05) is 12.1 Å². The van der Waals surface area contributed by atoms with E-state index in [4.69, 9.17) is 35.4 Å². The molecule has 2 aromatic carbocycles. The highest BCUT2D eigenvalue weighted by Gasteiger charge is 2.27. The summed E-state index contributed by atoms with van der Waals surface area (Å²) in [5.41, 5.74) is 1.03. The molecule has 0 saturated carbocycles. The van der Waals surface area contributed by atoms with E-state index < -0.39 is 10.0 Å². The smallest absolute Gasteiger partial charge is 0.243 e. The normalized spacial score (nSPS) is 14.5. The van der Waals surface area contributed by atoms with Crippen LogP contribution < -0.4 is 5.32 Å². The molecule has 1 fully saturated rings. The Kier molecular flexibility index (Phi) is 7.79. The number of benzene rings is 2. The molecule has 1 N–H and O–H groups in total. The summed E-state index contributed by atoms with van der Waals surface area (Å²) >= 11 is 20.0. The van der Waals surface area contributed by atoms with Crippen LogP contribution in [0.5, 0.6) is 0 Å². The van der Waals surface area contributed by atoms with Crippen molar-refractivity contribution >= 4 is 80.1 Å². The molecule has 0 bridgehead atoms. The first-order chi connectivity index (χ1) is 15.7. The largest absolute Gasteiger partial charge is 0.324 e. The number of thioether (sulfide) groups is 1. The molecule has 33 heavy (non-hydrogen) atoms. The van der Waals surface area contributed by atoms with Gasteiger partial charge in [-0.1, -0.05) is 46.3 Å². The molecule has 1 aliphatic heterocycles. The number of aromatic nitrogens is 2. The molecule has 1 amide bonds. The predicted octanol–water partition coefficient (Wildman–Crippen LogP) is 5.49. The third-order valence-corrected chi connectivity index (χ3v) is 9.68. The Morgan fingerprint density at radius 3 is 2.55 bits per heavy atom. The van der Waals surface area contributed by atoms with Gasteiger partial charge in [0.2, 0.25) is 15.9 Å². The van der Waals surface area contributed by atoms with Crippen molar-refractivity contribution in [3.8, 4) is 5.69 Å². The Hall–Kier alpha value is -1.47. The molecule has 7 nitrogen and oxygen atoms in total. The fourth-order valence-electron chi connectivity index (χ4n) is 3.22. The van der Waals surface area contributed by atoms with E-state index in [0.717, 1.165) is 18.5 Å². The summed E-state index contributed by atoms with van der Waals surface area (Å²) in [6, 6.07) is 11.5. The van der Waals surface area contributed by atoms with Crippen LogP contribution in [0.3, 0.4) is 0 Å². The standard InChI is InChI=1S/C20H18Cl2N4O3S4/c21-13-3-5-14(6-4-13)26-20(30)32-19(24-26)31-12-18(27)23-17-11-15(7-8-16(17)22)33(28,29)25-9-1-2-10-25/h3-8,11H,1-2,9-10,12H2,(H,23,27). The van der Waals surface area contributed by atoms with Crippen molar-refractivity contribution in [1.29, 1.82) is 0 Å². The van der Waals surface area contributed by atoms with Gasteiger partial charge in [0.05, 0.1) is 27.0 Å². The Morgan fingerprint density at radius 2 is 1.85 bits per heavy atom. The van der Waals surface area contributed by atoms with E-state index in [1.54, 1.807) is 16.8 Å². The van der Waals surface area contributed by atoms with Crippen molar-refractivity contribution in [2.75, 3.05) is 24.2 Å². The van der Waals surface area contributed by atoms with Crippen molar-refractivity contribution in [2.24, 2.45) is 0 Å². The van der Waals surface area contributed by atoms with Crippen molar-refractivity contribution in [2.45, 2.75) is 22.1 Å². The van der Waals surface area contributed by atoms with Crippen molar-refractivity contribution in [1.82, 2.24) is 14.1 Å². The van der Waals surface area contributed by atoms with E-state index >= 15 is 0 Å². The van der Waals surface area contributed by atoms with E-state index in [0.29, 0.717) is 26.4 Å². The van der Waals surface area contributed by atoms with E-state index in [2.05, 4.69) is 10.4 Å². The van der Waals surface area contributed by atoms with Crippen LogP contribution >= 0.6 is 58.5 Å². The minimum Gasteiger partial charge on any atom is -0.324 e. The Labute approximate surface area is 214 Å². The van der Waals surface area contributed by atoms with Gasteiger partial charge in [0.15, 0.2) is 8.29 Å². The van der Waals surface area contributed by atoms with Gasteiger partial charge in [-0.2, -0.15) is 4.31 Å². The maximum absolute atomic E-state index is 12.8. The highest BCUT2D eigenvalue weighted by Crippen LogP contribution is 2.29.